The van der Waals surface area contributed by atoms with Crippen LogP contribution in [0.15, 0.2) is 0 Å². The Morgan fingerprint density at radius 1 is 1.33 bits per heavy atom. The molecule has 12 heavy (non-hydrogen) atoms. The van der Waals surface area contributed by atoms with Crippen LogP contribution in [0.3, 0.4) is 0 Å². The largest absolute Gasteiger partial charge is 0.271 e. The van der Waals surface area contributed by atoms with E-state index in [-0.39, 0.29) is 0 Å². The Morgan fingerprint density at radius 3 is 2.50 bits per heavy atom. The molecule has 0 radical (unpaired) electrons. The molecule has 72 valence electrons. The van der Waals surface area contributed by atoms with E-state index in [4.69, 9.17) is 5.84 Å². The summed E-state index contributed by atoms with van der Waals surface area (Å²) in [5.41, 5.74) is 2.97. The lowest BCUT2D eigenvalue weighted by Gasteiger charge is -2.36. The highest BCUT2D eigenvalue weighted by Gasteiger charge is 2.29. The van der Waals surface area contributed by atoms with Gasteiger partial charge in [-0.1, -0.05) is 27.2 Å². The van der Waals surface area contributed by atoms with Crippen LogP contribution in [-0.4, -0.2) is 6.04 Å². The second kappa shape index (κ2) is 4.24. The van der Waals surface area contributed by atoms with Crippen molar-refractivity contribution >= 4 is 0 Å². The van der Waals surface area contributed by atoms with Crippen LogP contribution in [0.4, 0.5) is 0 Å². The first-order chi connectivity index (χ1) is 5.65. The Bertz CT molecular complexity index is 134. The van der Waals surface area contributed by atoms with Crippen LogP contribution in [0.1, 0.15) is 40.0 Å². The molecule has 0 unspecified atom stereocenters. The summed E-state index contributed by atoms with van der Waals surface area (Å²) in [6.45, 7) is 6.91. The third-order valence-corrected chi connectivity index (χ3v) is 3.24. The van der Waals surface area contributed by atoms with Crippen LogP contribution in [0.5, 0.6) is 0 Å². The molecule has 0 amide bonds. The highest BCUT2D eigenvalue weighted by Crippen LogP contribution is 2.32. The summed E-state index contributed by atoms with van der Waals surface area (Å²) in [7, 11) is 0. The second-order valence-electron chi connectivity index (χ2n) is 4.60. The van der Waals surface area contributed by atoms with E-state index in [9.17, 15) is 0 Å². The van der Waals surface area contributed by atoms with Gasteiger partial charge in [-0.05, 0) is 30.6 Å². The molecule has 1 fully saturated rings. The molecular formula is C10H22N2. The summed E-state index contributed by atoms with van der Waals surface area (Å²) in [6, 6.07) is 0.550. The summed E-state index contributed by atoms with van der Waals surface area (Å²) in [5, 5.41) is 0. The molecule has 1 saturated carbocycles. The van der Waals surface area contributed by atoms with Gasteiger partial charge in [0.25, 0.3) is 0 Å². The van der Waals surface area contributed by atoms with Gasteiger partial charge in [-0.3, -0.25) is 11.3 Å². The SMILES string of the molecule is CC(C)[C@H]1CC[C@@H](C)C[C@H]1NN. The fraction of sp³-hybridized carbons (Fsp3) is 1.00. The van der Waals surface area contributed by atoms with Gasteiger partial charge in [0.15, 0.2) is 0 Å². The smallest absolute Gasteiger partial charge is 0.0243 e. The van der Waals surface area contributed by atoms with Crippen molar-refractivity contribution in [1.29, 1.82) is 0 Å². The molecule has 0 aliphatic heterocycles. The minimum atomic E-state index is 0.550. The lowest BCUT2D eigenvalue weighted by molar-refractivity contribution is 0.171. The van der Waals surface area contributed by atoms with Crippen molar-refractivity contribution in [3.63, 3.8) is 0 Å². The summed E-state index contributed by atoms with van der Waals surface area (Å²) in [4.78, 5) is 0. The molecule has 0 aromatic rings. The van der Waals surface area contributed by atoms with Gasteiger partial charge in [-0.15, -0.1) is 0 Å². The van der Waals surface area contributed by atoms with Crippen molar-refractivity contribution in [2.45, 2.75) is 46.1 Å². The zero-order chi connectivity index (χ0) is 9.14. The van der Waals surface area contributed by atoms with Crippen LogP contribution in [-0.2, 0) is 0 Å². The Balaban J connectivity index is 2.50. The fourth-order valence-corrected chi connectivity index (χ4v) is 2.39. The molecule has 1 aliphatic carbocycles. The van der Waals surface area contributed by atoms with Crippen LogP contribution in [0.2, 0.25) is 0 Å². The predicted octanol–water partition coefficient (Wildman–Crippen LogP) is 1.91. The normalized spacial score (nSPS) is 37.2. The maximum absolute atomic E-state index is 5.54. The van der Waals surface area contributed by atoms with Gasteiger partial charge in [-0.25, -0.2) is 0 Å². The van der Waals surface area contributed by atoms with Gasteiger partial charge in [0.2, 0.25) is 0 Å². The van der Waals surface area contributed by atoms with Crippen molar-refractivity contribution in [2.75, 3.05) is 0 Å². The number of hydrogen-bond donors (Lipinski definition) is 2. The first kappa shape index (κ1) is 10.0. The first-order valence-corrected chi connectivity index (χ1v) is 5.11. The minimum absolute atomic E-state index is 0.550. The zero-order valence-electron chi connectivity index (χ0n) is 8.51. The Morgan fingerprint density at radius 2 is 2.00 bits per heavy atom. The van der Waals surface area contributed by atoms with Crippen molar-refractivity contribution in [2.24, 2.45) is 23.6 Å². The molecule has 2 nitrogen and oxygen atoms in total. The highest BCUT2D eigenvalue weighted by atomic mass is 15.2. The van der Waals surface area contributed by atoms with E-state index < -0.39 is 0 Å². The molecule has 3 N–H and O–H groups in total. The van der Waals surface area contributed by atoms with Crippen LogP contribution < -0.4 is 11.3 Å². The van der Waals surface area contributed by atoms with Gasteiger partial charge in [0.1, 0.15) is 0 Å². The van der Waals surface area contributed by atoms with Gasteiger partial charge in [-0.2, -0.15) is 0 Å². The number of nitrogens with two attached hydrogens (primary N) is 1. The minimum Gasteiger partial charge on any atom is -0.271 e. The van der Waals surface area contributed by atoms with Crippen molar-refractivity contribution < 1.29 is 0 Å². The highest BCUT2D eigenvalue weighted by molar-refractivity contribution is 4.83. The topological polar surface area (TPSA) is 38.0 Å². The average Bonchev–Trinajstić information content (AvgIpc) is 2.03. The molecule has 0 bridgehead atoms. The molecule has 1 aliphatic rings. The summed E-state index contributed by atoms with van der Waals surface area (Å²) < 4.78 is 0. The van der Waals surface area contributed by atoms with E-state index in [1.54, 1.807) is 0 Å². The van der Waals surface area contributed by atoms with E-state index in [2.05, 4.69) is 26.2 Å². The third kappa shape index (κ3) is 2.20. The number of hydrogen-bond acceptors (Lipinski definition) is 2. The Labute approximate surface area is 75.9 Å². The molecule has 0 spiro atoms. The predicted molar refractivity (Wildman–Crippen MR) is 52.5 cm³/mol. The van der Waals surface area contributed by atoms with Gasteiger partial charge >= 0.3 is 0 Å². The molecule has 0 heterocycles. The fourth-order valence-electron chi connectivity index (χ4n) is 2.39. The molecule has 2 heteroatoms. The van der Waals surface area contributed by atoms with Crippen molar-refractivity contribution in [3.05, 3.63) is 0 Å². The lowest BCUT2D eigenvalue weighted by atomic mass is 9.74. The van der Waals surface area contributed by atoms with Crippen LogP contribution >= 0.6 is 0 Å². The Kier molecular flexibility index (Phi) is 3.53. The van der Waals surface area contributed by atoms with E-state index in [0.717, 1.165) is 17.8 Å². The average molecular weight is 170 g/mol. The first-order valence-electron chi connectivity index (χ1n) is 5.11. The van der Waals surface area contributed by atoms with Crippen LogP contribution in [0, 0.1) is 17.8 Å². The van der Waals surface area contributed by atoms with E-state index in [1.165, 1.54) is 19.3 Å². The Hall–Kier alpha value is -0.0800. The molecular weight excluding hydrogens is 148 g/mol. The molecule has 0 aromatic carbocycles. The summed E-state index contributed by atoms with van der Waals surface area (Å²) >= 11 is 0. The van der Waals surface area contributed by atoms with E-state index in [0.29, 0.717) is 6.04 Å². The van der Waals surface area contributed by atoms with E-state index >= 15 is 0 Å². The number of rotatable bonds is 2. The maximum Gasteiger partial charge on any atom is 0.0243 e. The van der Waals surface area contributed by atoms with Crippen molar-refractivity contribution in [3.8, 4) is 0 Å². The van der Waals surface area contributed by atoms with Gasteiger partial charge < -0.3 is 0 Å². The van der Waals surface area contributed by atoms with Gasteiger partial charge in [0.05, 0.1) is 0 Å². The van der Waals surface area contributed by atoms with Gasteiger partial charge in [0, 0.05) is 6.04 Å². The number of nitrogens with one attached hydrogen (secondary N) is 1. The maximum atomic E-state index is 5.54. The monoisotopic (exact) mass is 170 g/mol. The molecule has 0 aromatic heterocycles. The van der Waals surface area contributed by atoms with E-state index in [1.807, 2.05) is 0 Å². The standard InChI is InChI=1S/C10H22N2/c1-7(2)9-5-4-8(3)6-10(9)12-11/h7-10,12H,4-6,11H2,1-3H3/t8-,9-,10-/m1/s1. The van der Waals surface area contributed by atoms with Crippen molar-refractivity contribution in [1.82, 2.24) is 5.43 Å². The molecule has 1 rings (SSSR count). The number of hydrazine groups is 1. The summed E-state index contributed by atoms with van der Waals surface area (Å²) in [6.07, 6.45) is 3.97. The molecule has 3 atom stereocenters. The molecule has 0 saturated heterocycles. The quantitative estimate of drug-likeness (QED) is 0.491. The third-order valence-electron chi connectivity index (χ3n) is 3.24. The van der Waals surface area contributed by atoms with Crippen LogP contribution in [0.25, 0.3) is 0 Å². The summed E-state index contributed by atoms with van der Waals surface area (Å²) in [5.74, 6) is 7.94. The zero-order valence-corrected chi connectivity index (χ0v) is 8.51. The lowest BCUT2D eigenvalue weighted by Crippen LogP contribution is -2.46. The second-order valence-corrected chi connectivity index (χ2v) is 4.60.